The number of hydrogen-bond acceptors (Lipinski definition) is 5. The molecular weight excluding hydrogens is 252 g/mol. The van der Waals surface area contributed by atoms with Gasteiger partial charge < -0.3 is 14.8 Å². The van der Waals surface area contributed by atoms with Crippen molar-refractivity contribution in [2.24, 2.45) is 0 Å². The van der Waals surface area contributed by atoms with Crippen molar-refractivity contribution in [1.82, 2.24) is 0 Å². The van der Waals surface area contributed by atoms with Gasteiger partial charge in [-0.1, -0.05) is 0 Å². The topological polar surface area (TPSA) is 93.7 Å². The Labute approximate surface area is 109 Å². The Morgan fingerprint density at radius 2 is 1.74 bits per heavy atom. The monoisotopic (exact) mass is 266 g/mol. The van der Waals surface area contributed by atoms with E-state index in [0.717, 1.165) is 0 Å². The quantitative estimate of drug-likeness (QED) is 0.810. The van der Waals surface area contributed by atoms with Crippen LogP contribution in [0.25, 0.3) is 0 Å². The fourth-order valence-electron chi connectivity index (χ4n) is 1.38. The molecule has 19 heavy (non-hydrogen) atoms. The zero-order chi connectivity index (χ0) is 14.4. The van der Waals surface area contributed by atoms with Crippen LogP contribution in [0.5, 0.6) is 0 Å². The van der Waals surface area contributed by atoms with Crippen molar-refractivity contribution >= 4 is 29.3 Å². The predicted molar refractivity (Wildman–Crippen MR) is 68.1 cm³/mol. The molecule has 7 heteroatoms. The molecule has 102 valence electrons. The summed E-state index contributed by atoms with van der Waals surface area (Å²) in [5.74, 6) is -0.879. The molecule has 2 N–H and O–H groups in total. The van der Waals surface area contributed by atoms with Crippen LogP contribution in [0, 0.1) is 0 Å². The minimum atomic E-state index is -0.731. The zero-order valence-electron chi connectivity index (χ0n) is 10.8. The molecule has 0 fully saturated rings. The van der Waals surface area contributed by atoms with Gasteiger partial charge in [0.1, 0.15) is 0 Å². The van der Waals surface area contributed by atoms with Gasteiger partial charge in [-0.05, 0) is 18.2 Å². The summed E-state index contributed by atoms with van der Waals surface area (Å²) in [6, 6.07) is 4.39. The lowest BCUT2D eigenvalue weighted by Gasteiger charge is -2.11. The maximum atomic E-state index is 11.5. The molecule has 0 unspecified atom stereocenters. The third-order valence-corrected chi connectivity index (χ3v) is 2.17. The smallest absolute Gasteiger partial charge is 0.411 e. The molecule has 1 aromatic carbocycles. The summed E-state index contributed by atoms with van der Waals surface area (Å²) in [5.41, 5.74) is 0.776. The van der Waals surface area contributed by atoms with E-state index in [1.54, 1.807) is 0 Å². The lowest BCUT2D eigenvalue weighted by Crippen LogP contribution is -2.15. The molecule has 0 aliphatic rings. The molecule has 1 rings (SSSR count). The van der Waals surface area contributed by atoms with E-state index < -0.39 is 12.1 Å². The third kappa shape index (κ3) is 3.98. The Morgan fingerprint density at radius 3 is 2.26 bits per heavy atom. The first-order valence-corrected chi connectivity index (χ1v) is 5.33. The van der Waals surface area contributed by atoms with Gasteiger partial charge in [0.15, 0.2) is 0 Å². The molecule has 0 saturated carbocycles. The zero-order valence-corrected chi connectivity index (χ0v) is 10.8. The number of rotatable bonds is 3. The molecule has 0 bridgehead atoms. The number of methoxy groups -OCH3 is 2. The van der Waals surface area contributed by atoms with E-state index in [9.17, 15) is 14.4 Å². The summed E-state index contributed by atoms with van der Waals surface area (Å²) in [7, 11) is 2.43. The van der Waals surface area contributed by atoms with Crippen molar-refractivity contribution in [3.05, 3.63) is 23.8 Å². The van der Waals surface area contributed by atoms with Gasteiger partial charge in [0.25, 0.3) is 0 Å². The van der Waals surface area contributed by atoms with E-state index in [1.807, 2.05) is 0 Å². The van der Waals surface area contributed by atoms with Crippen molar-refractivity contribution in [2.75, 3.05) is 24.9 Å². The highest BCUT2D eigenvalue weighted by molar-refractivity contribution is 6.01. The number of carbonyl (C=O) groups excluding carboxylic acids is 3. The van der Waals surface area contributed by atoms with Gasteiger partial charge in [0, 0.05) is 12.6 Å². The first-order valence-electron chi connectivity index (χ1n) is 5.33. The van der Waals surface area contributed by atoms with E-state index in [1.165, 1.54) is 39.3 Å². The Balaban J connectivity index is 3.13. The second-order valence-electron chi connectivity index (χ2n) is 3.55. The standard InChI is InChI=1S/C12H14N2O5/c1-7(15)13-8-4-5-9(11(16)18-2)10(6-8)14-12(17)19-3/h4-6H,1-3H3,(H,13,15)(H,14,17). The summed E-state index contributed by atoms with van der Waals surface area (Å²) >= 11 is 0. The number of anilines is 2. The van der Waals surface area contributed by atoms with Crippen LogP contribution in [0.1, 0.15) is 17.3 Å². The van der Waals surface area contributed by atoms with Gasteiger partial charge in [-0.3, -0.25) is 10.1 Å². The van der Waals surface area contributed by atoms with E-state index in [4.69, 9.17) is 0 Å². The number of benzene rings is 1. The minimum absolute atomic E-state index is 0.155. The lowest BCUT2D eigenvalue weighted by atomic mass is 10.1. The van der Waals surface area contributed by atoms with Crippen molar-refractivity contribution in [1.29, 1.82) is 0 Å². The van der Waals surface area contributed by atoms with Gasteiger partial charge in [0.2, 0.25) is 5.91 Å². The summed E-state index contributed by atoms with van der Waals surface area (Å²) in [6.07, 6.45) is -0.731. The highest BCUT2D eigenvalue weighted by Gasteiger charge is 2.15. The average molecular weight is 266 g/mol. The van der Waals surface area contributed by atoms with E-state index in [2.05, 4.69) is 20.1 Å². The molecule has 0 spiro atoms. The molecule has 0 radical (unpaired) electrons. The Bertz CT molecular complexity index is 513. The van der Waals surface area contributed by atoms with E-state index in [-0.39, 0.29) is 17.2 Å². The first kappa shape index (κ1) is 14.5. The fraction of sp³-hybridized carbons (Fsp3) is 0.250. The minimum Gasteiger partial charge on any atom is -0.465 e. The fourth-order valence-corrected chi connectivity index (χ4v) is 1.38. The molecule has 0 atom stereocenters. The molecular formula is C12H14N2O5. The highest BCUT2D eigenvalue weighted by atomic mass is 16.5. The molecule has 1 aromatic rings. The number of carbonyl (C=O) groups is 3. The molecule has 0 aromatic heterocycles. The van der Waals surface area contributed by atoms with Crippen LogP contribution in [-0.2, 0) is 14.3 Å². The Kier molecular flexibility index (Phi) is 4.87. The largest absolute Gasteiger partial charge is 0.465 e. The van der Waals surface area contributed by atoms with Gasteiger partial charge in [-0.25, -0.2) is 9.59 Å². The molecule has 0 aliphatic carbocycles. The normalized spacial score (nSPS) is 9.42. The maximum absolute atomic E-state index is 11.5. The van der Waals surface area contributed by atoms with Crippen molar-refractivity contribution in [3.8, 4) is 0 Å². The van der Waals surface area contributed by atoms with Crippen LogP contribution in [0.4, 0.5) is 16.2 Å². The number of ether oxygens (including phenoxy) is 2. The van der Waals surface area contributed by atoms with Crippen molar-refractivity contribution in [2.45, 2.75) is 6.92 Å². The van der Waals surface area contributed by atoms with Crippen LogP contribution in [0.3, 0.4) is 0 Å². The molecule has 2 amide bonds. The lowest BCUT2D eigenvalue weighted by molar-refractivity contribution is -0.114. The van der Waals surface area contributed by atoms with E-state index >= 15 is 0 Å². The van der Waals surface area contributed by atoms with E-state index in [0.29, 0.717) is 5.69 Å². The highest BCUT2D eigenvalue weighted by Crippen LogP contribution is 2.22. The van der Waals surface area contributed by atoms with Gasteiger partial charge in [0.05, 0.1) is 25.5 Å². The Hall–Kier alpha value is -2.57. The Morgan fingerprint density at radius 1 is 1.05 bits per heavy atom. The van der Waals surface area contributed by atoms with Crippen LogP contribution in [0.2, 0.25) is 0 Å². The molecule has 7 nitrogen and oxygen atoms in total. The summed E-state index contributed by atoms with van der Waals surface area (Å²) < 4.78 is 9.05. The predicted octanol–water partition coefficient (Wildman–Crippen LogP) is 1.61. The van der Waals surface area contributed by atoms with Gasteiger partial charge in [-0.15, -0.1) is 0 Å². The van der Waals surface area contributed by atoms with Crippen LogP contribution in [0.15, 0.2) is 18.2 Å². The maximum Gasteiger partial charge on any atom is 0.411 e. The molecule has 0 saturated heterocycles. The van der Waals surface area contributed by atoms with Crippen LogP contribution in [-0.4, -0.2) is 32.2 Å². The van der Waals surface area contributed by atoms with Crippen LogP contribution >= 0.6 is 0 Å². The van der Waals surface area contributed by atoms with Crippen LogP contribution < -0.4 is 10.6 Å². The molecule has 0 aliphatic heterocycles. The number of esters is 1. The number of hydrogen-bond donors (Lipinski definition) is 2. The summed E-state index contributed by atoms with van der Waals surface area (Å²) in [4.78, 5) is 33.7. The van der Waals surface area contributed by atoms with Crippen molar-refractivity contribution < 1.29 is 23.9 Å². The van der Waals surface area contributed by atoms with Gasteiger partial charge in [-0.2, -0.15) is 0 Å². The summed E-state index contributed by atoms with van der Waals surface area (Å²) in [6.45, 7) is 1.35. The number of amides is 2. The average Bonchev–Trinajstić information content (AvgIpc) is 2.37. The SMILES string of the molecule is COC(=O)Nc1cc(NC(C)=O)ccc1C(=O)OC. The third-order valence-electron chi connectivity index (χ3n) is 2.17. The summed E-state index contributed by atoms with van der Waals surface area (Å²) in [5, 5.41) is 4.91. The van der Waals surface area contributed by atoms with Crippen molar-refractivity contribution in [3.63, 3.8) is 0 Å². The first-order chi connectivity index (χ1) is 8.97. The molecule has 0 heterocycles. The second-order valence-corrected chi connectivity index (χ2v) is 3.55. The van der Waals surface area contributed by atoms with Gasteiger partial charge >= 0.3 is 12.1 Å². The second kappa shape index (κ2) is 6.39. The number of nitrogens with one attached hydrogen (secondary N) is 2.